The number of hydrogen-bond acceptors (Lipinski definition) is 6. The summed E-state index contributed by atoms with van der Waals surface area (Å²) in [5, 5.41) is 16.1. The number of nitro groups is 1. The summed E-state index contributed by atoms with van der Waals surface area (Å²) < 4.78 is 0. The Kier molecular flexibility index (Phi) is 5.55. The molecular formula is C19H18N4O5S. The van der Waals surface area contributed by atoms with Crippen LogP contribution in [-0.4, -0.2) is 40.5 Å². The first-order chi connectivity index (χ1) is 13.8. The van der Waals surface area contributed by atoms with Crippen LogP contribution >= 0.6 is 11.8 Å². The summed E-state index contributed by atoms with van der Waals surface area (Å²) >= 11 is 1.46. The Balaban J connectivity index is 1.76. The fourth-order valence-electron chi connectivity index (χ4n) is 3.03. The molecule has 0 radical (unpaired) electrons. The van der Waals surface area contributed by atoms with Gasteiger partial charge in [0.2, 0.25) is 5.91 Å². The highest BCUT2D eigenvalue weighted by atomic mass is 32.2. The fourth-order valence-corrected chi connectivity index (χ4v) is 3.59. The number of anilines is 1. The molecule has 3 rings (SSSR count). The van der Waals surface area contributed by atoms with E-state index >= 15 is 0 Å². The molecule has 1 heterocycles. The van der Waals surface area contributed by atoms with Gasteiger partial charge in [-0.05, 0) is 43.0 Å². The molecule has 29 heavy (non-hydrogen) atoms. The molecule has 0 aromatic heterocycles. The van der Waals surface area contributed by atoms with Crippen LogP contribution < -0.4 is 10.6 Å². The Morgan fingerprint density at radius 2 is 1.86 bits per heavy atom. The Hall–Kier alpha value is -3.40. The molecule has 0 spiro atoms. The number of carbonyl (C=O) groups is 3. The van der Waals surface area contributed by atoms with Gasteiger partial charge in [0.1, 0.15) is 12.1 Å². The highest BCUT2D eigenvalue weighted by molar-refractivity contribution is 7.98. The number of para-hydroxylation sites is 1. The first-order valence-corrected chi connectivity index (χ1v) is 9.80. The first kappa shape index (κ1) is 20.3. The minimum atomic E-state index is -1.41. The van der Waals surface area contributed by atoms with E-state index in [9.17, 15) is 24.5 Å². The summed E-state index contributed by atoms with van der Waals surface area (Å²) in [7, 11) is 0. The van der Waals surface area contributed by atoms with Crippen LogP contribution in [0.15, 0.2) is 53.4 Å². The maximum atomic E-state index is 12.9. The molecule has 150 valence electrons. The zero-order chi connectivity index (χ0) is 21.2. The van der Waals surface area contributed by atoms with Crippen molar-refractivity contribution in [2.24, 2.45) is 0 Å². The normalized spacial score (nSPS) is 18.5. The molecule has 1 atom stereocenters. The number of rotatable bonds is 6. The third-order valence-electron chi connectivity index (χ3n) is 4.61. The predicted molar refractivity (Wildman–Crippen MR) is 108 cm³/mol. The van der Waals surface area contributed by atoms with E-state index in [0.29, 0.717) is 11.3 Å². The molecule has 2 aromatic rings. The van der Waals surface area contributed by atoms with E-state index in [1.165, 1.54) is 43.0 Å². The van der Waals surface area contributed by atoms with Gasteiger partial charge in [0.15, 0.2) is 0 Å². The van der Waals surface area contributed by atoms with E-state index in [2.05, 4.69) is 10.6 Å². The minimum absolute atomic E-state index is 0.127. The average Bonchev–Trinajstić information content (AvgIpc) is 2.92. The molecule has 1 saturated heterocycles. The number of nitrogens with zero attached hydrogens (tertiary/aromatic N) is 2. The fraction of sp³-hybridized carbons (Fsp3) is 0.211. The van der Waals surface area contributed by atoms with E-state index in [0.717, 1.165) is 9.80 Å². The van der Waals surface area contributed by atoms with Gasteiger partial charge in [-0.25, -0.2) is 4.79 Å². The average molecular weight is 414 g/mol. The summed E-state index contributed by atoms with van der Waals surface area (Å²) in [6, 6.07) is 11.8. The van der Waals surface area contributed by atoms with Crippen LogP contribution in [0.3, 0.4) is 0 Å². The van der Waals surface area contributed by atoms with Crippen molar-refractivity contribution in [3.05, 3.63) is 64.2 Å². The zero-order valence-electron chi connectivity index (χ0n) is 15.7. The molecule has 10 heteroatoms. The van der Waals surface area contributed by atoms with Crippen molar-refractivity contribution in [2.45, 2.75) is 17.4 Å². The number of nitro benzene ring substituents is 1. The van der Waals surface area contributed by atoms with Crippen LogP contribution in [0.5, 0.6) is 0 Å². The number of urea groups is 1. The second kappa shape index (κ2) is 7.92. The van der Waals surface area contributed by atoms with Crippen molar-refractivity contribution in [3.8, 4) is 0 Å². The van der Waals surface area contributed by atoms with Crippen LogP contribution in [0.25, 0.3) is 0 Å². The summed E-state index contributed by atoms with van der Waals surface area (Å²) in [5.41, 5.74) is -0.561. The molecule has 0 saturated carbocycles. The minimum Gasteiger partial charge on any atom is -0.324 e. The van der Waals surface area contributed by atoms with Gasteiger partial charge in [0.25, 0.3) is 11.6 Å². The van der Waals surface area contributed by atoms with Crippen molar-refractivity contribution < 1.29 is 19.3 Å². The van der Waals surface area contributed by atoms with Crippen molar-refractivity contribution in [3.63, 3.8) is 0 Å². The number of non-ortho nitro benzene ring substituents is 1. The second-order valence-electron chi connectivity index (χ2n) is 6.50. The summed E-state index contributed by atoms with van der Waals surface area (Å²) in [6.45, 7) is 1.05. The Morgan fingerprint density at radius 1 is 1.21 bits per heavy atom. The SMILES string of the molecule is CSc1ccccc1NC(=O)CN1C(=O)N[C@@](C)(c2ccc([N+](=O)[O-])cc2)C1=O. The van der Waals surface area contributed by atoms with Crippen molar-refractivity contribution in [1.82, 2.24) is 10.2 Å². The van der Waals surface area contributed by atoms with Crippen molar-refractivity contribution in [2.75, 3.05) is 18.1 Å². The second-order valence-corrected chi connectivity index (χ2v) is 7.35. The third-order valence-corrected chi connectivity index (χ3v) is 5.41. The summed E-state index contributed by atoms with van der Waals surface area (Å²) in [5.74, 6) is -1.12. The number of hydrogen-bond donors (Lipinski definition) is 2. The maximum Gasteiger partial charge on any atom is 0.325 e. The number of nitrogens with one attached hydrogen (secondary N) is 2. The summed E-state index contributed by atoms with van der Waals surface area (Å²) in [4.78, 5) is 49.6. The quantitative estimate of drug-likeness (QED) is 0.324. The van der Waals surface area contributed by atoms with Crippen LogP contribution in [0, 0.1) is 10.1 Å². The van der Waals surface area contributed by atoms with Crippen LogP contribution in [0.4, 0.5) is 16.2 Å². The number of benzene rings is 2. The molecule has 2 aromatic carbocycles. The molecule has 0 aliphatic carbocycles. The lowest BCUT2D eigenvalue weighted by Gasteiger charge is -2.22. The van der Waals surface area contributed by atoms with Gasteiger partial charge in [0, 0.05) is 17.0 Å². The van der Waals surface area contributed by atoms with Crippen LogP contribution in [-0.2, 0) is 15.1 Å². The Labute approximate surface area is 170 Å². The number of carbonyl (C=O) groups excluding carboxylic acids is 3. The Morgan fingerprint density at radius 3 is 2.48 bits per heavy atom. The molecule has 9 nitrogen and oxygen atoms in total. The molecular weight excluding hydrogens is 396 g/mol. The van der Waals surface area contributed by atoms with Gasteiger partial charge in [-0.15, -0.1) is 11.8 Å². The monoisotopic (exact) mass is 414 g/mol. The number of imide groups is 1. The largest absolute Gasteiger partial charge is 0.325 e. The predicted octanol–water partition coefficient (Wildman–Crippen LogP) is 2.72. The van der Waals surface area contributed by atoms with Gasteiger partial charge in [0.05, 0.1) is 10.6 Å². The van der Waals surface area contributed by atoms with Gasteiger partial charge < -0.3 is 10.6 Å². The lowest BCUT2D eigenvalue weighted by atomic mass is 9.92. The van der Waals surface area contributed by atoms with E-state index in [1.54, 1.807) is 12.1 Å². The van der Waals surface area contributed by atoms with Gasteiger partial charge >= 0.3 is 6.03 Å². The lowest BCUT2D eigenvalue weighted by molar-refractivity contribution is -0.384. The van der Waals surface area contributed by atoms with Crippen molar-refractivity contribution >= 4 is 41.0 Å². The molecule has 0 bridgehead atoms. The van der Waals surface area contributed by atoms with Gasteiger partial charge in [-0.3, -0.25) is 24.6 Å². The standard InChI is InChI=1S/C19H18N4O5S/c1-19(12-7-9-13(10-8-12)23(27)28)17(25)22(18(26)21-19)11-16(24)20-14-5-3-4-6-15(14)29-2/h3-10H,11H2,1-2H3,(H,20,24)(H,21,26)/t19-/m0/s1. The number of thioether (sulfide) groups is 1. The molecule has 2 N–H and O–H groups in total. The highest BCUT2D eigenvalue weighted by Crippen LogP contribution is 2.30. The van der Waals surface area contributed by atoms with E-state index in [1.807, 2.05) is 18.4 Å². The van der Waals surface area contributed by atoms with Crippen LogP contribution in [0.1, 0.15) is 12.5 Å². The van der Waals surface area contributed by atoms with E-state index in [4.69, 9.17) is 0 Å². The van der Waals surface area contributed by atoms with E-state index < -0.39 is 34.9 Å². The summed E-state index contributed by atoms with van der Waals surface area (Å²) in [6.07, 6.45) is 1.87. The highest BCUT2D eigenvalue weighted by Gasteiger charge is 2.49. The smallest absolute Gasteiger partial charge is 0.324 e. The first-order valence-electron chi connectivity index (χ1n) is 8.58. The van der Waals surface area contributed by atoms with E-state index in [-0.39, 0.29) is 5.69 Å². The lowest BCUT2D eigenvalue weighted by Crippen LogP contribution is -2.42. The molecule has 1 fully saturated rings. The van der Waals surface area contributed by atoms with Gasteiger partial charge in [-0.1, -0.05) is 12.1 Å². The molecule has 1 aliphatic rings. The topological polar surface area (TPSA) is 122 Å². The zero-order valence-corrected chi connectivity index (χ0v) is 16.5. The van der Waals surface area contributed by atoms with Crippen LogP contribution in [0.2, 0.25) is 0 Å². The third kappa shape index (κ3) is 3.92. The maximum absolute atomic E-state index is 12.9. The molecule has 4 amide bonds. The van der Waals surface area contributed by atoms with Crippen molar-refractivity contribution in [1.29, 1.82) is 0 Å². The molecule has 1 aliphatic heterocycles. The van der Waals surface area contributed by atoms with Gasteiger partial charge in [-0.2, -0.15) is 0 Å². The Bertz CT molecular complexity index is 994. The number of amides is 4. The molecule has 0 unspecified atom stereocenters.